The summed E-state index contributed by atoms with van der Waals surface area (Å²) in [5.41, 5.74) is 6.84. The Kier molecular flexibility index (Phi) is 12.7. The van der Waals surface area contributed by atoms with E-state index in [1.54, 1.807) is 66.7 Å². The molecule has 230 valence electrons. The number of nitrogens with zero attached hydrogens (tertiary/aromatic N) is 1. The Balaban J connectivity index is 1.79. The van der Waals surface area contributed by atoms with Crippen LogP contribution < -0.4 is 16.4 Å². The minimum absolute atomic E-state index is 0.0594. The number of nitrogens with one attached hydrogen (secondary N) is 2. The Morgan fingerprint density at radius 3 is 2.00 bits per heavy atom. The molecule has 3 rings (SSSR count). The molecular formula is C31H38N4O7S. The number of rotatable bonds is 16. The lowest BCUT2D eigenvalue weighted by Crippen LogP contribution is -2.56. The second-order valence-corrected chi connectivity index (χ2v) is 11.9. The third-order valence-corrected chi connectivity index (χ3v) is 8.44. The highest BCUT2D eigenvalue weighted by Gasteiger charge is 2.32. The van der Waals surface area contributed by atoms with Gasteiger partial charge in [0.05, 0.1) is 23.5 Å². The molecule has 11 nitrogen and oxygen atoms in total. The second kappa shape index (κ2) is 16.4. The lowest BCUT2D eigenvalue weighted by Gasteiger charge is -2.30. The molecule has 0 bridgehead atoms. The van der Waals surface area contributed by atoms with Gasteiger partial charge in [-0.3, -0.25) is 9.59 Å². The summed E-state index contributed by atoms with van der Waals surface area (Å²) in [4.78, 5) is 37.7. The van der Waals surface area contributed by atoms with E-state index < -0.39 is 52.5 Å². The van der Waals surface area contributed by atoms with E-state index in [9.17, 15) is 27.9 Å². The highest BCUT2D eigenvalue weighted by atomic mass is 32.2. The minimum atomic E-state index is -3.94. The molecule has 43 heavy (non-hydrogen) atoms. The molecule has 3 amide bonds. The van der Waals surface area contributed by atoms with Crippen LogP contribution in [0.25, 0.3) is 0 Å². The summed E-state index contributed by atoms with van der Waals surface area (Å²) in [5, 5.41) is 16.4. The van der Waals surface area contributed by atoms with Crippen LogP contribution in [-0.4, -0.2) is 67.0 Å². The Labute approximate surface area is 252 Å². The number of alkyl carbamates (subject to hydrolysis) is 1. The molecule has 3 unspecified atom stereocenters. The van der Waals surface area contributed by atoms with Crippen LogP contribution in [-0.2, 0) is 37.4 Å². The molecule has 0 aromatic heterocycles. The van der Waals surface area contributed by atoms with Gasteiger partial charge in [-0.1, -0.05) is 85.8 Å². The van der Waals surface area contributed by atoms with Gasteiger partial charge >= 0.3 is 6.09 Å². The van der Waals surface area contributed by atoms with Crippen LogP contribution in [0.4, 0.5) is 4.79 Å². The van der Waals surface area contributed by atoms with E-state index in [1.165, 1.54) is 16.4 Å². The molecule has 0 spiro atoms. The topological polar surface area (TPSA) is 168 Å². The standard InChI is InChI=1S/C31H38N4O7S/c1-2-18-35(43(40,41)25-16-10-5-11-17-25)21-28(36)26(19-23-12-6-3-7-13-23)33-30(38)27(20-29(32)37)34-31(39)42-22-24-14-8-4-9-15-24/h3-17,26-28,36H,2,18-22H2,1H3,(H2,32,37)(H,33,38)(H,34,39). The van der Waals surface area contributed by atoms with Gasteiger partial charge in [-0.05, 0) is 36.1 Å². The molecule has 0 fully saturated rings. The third kappa shape index (κ3) is 10.5. The molecule has 0 aliphatic carbocycles. The SMILES string of the molecule is CCCN(CC(O)C(Cc1ccccc1)NC(=O)C(CC(N)=O)NC(=O)OCc1ccccc1)S(=O)(=O)c1ccccc1. The quantitative estimate of drug-likeness (QED) is 0.193. The Bertz CT molecular complexity index is 1420. The maximum Gasteiger partial charge on any atom is 0.408 e. The molecule has 3 aromatic carbocycles. The van der Waals surface area contributed by atoms with Crippen LogP contribution in [0.15, 0.2) is 95.9 Å². The first kappa shape index (κ1) is 33.2. The Hall–Kier alpha value is -4.26. The van der Waals surface area contributed by atoms with Crippen LogP contribution in [0, 0.1) is 0 Å². The second-order valence-electron chi connectivity index (χ2n) is 9.98. The van der Waals surface area contributed by atoms with E-state index in [-0.39, 0.29) is 31.0 Å². The summed E-state index contributed by atoms with van der Waals surface area (Å²) >= 11 is 0. The van der Waals surface area contributed by atoms with Crippen molar-refractivity contribution in [2.24, 2.45) is 5.73 Å². The summed E-state index contributed by atoms with van der Waals surface area (Å²) < 4.78 is 33.2. The number of amides is 3. The number of sulfonamides is 1. The number of hydrogen-bond acceptors (Lipinski definition) is 7. The van der Waals surface area contributed by atoms with Gasteiger partial charge < -0.3 is 26.2 Å². The highest BCUT2D eigenvalue weighted by Crippen LogP contribution is 2.18. The number of ether oxygens (including phenoxy) is 1. The van der Waals surface area contributed by atoms with Gasteiger partial charge in [-0.2, -0.15) is 4.31 Å². The van der Waals surface area contributed by atoms with Crippen LogP contribution in [0.2, 0.25) is 0 Å². The molecule has 3 atom stereocenters. The number of carbonyl (C=O) groups is 3. The smallest absolute Gasteiger partial charge is 0.408 e. The van der Waals surface area contributed by atoms with Gasteiger partial charge in [-0.15, -0.1) is 0 Å². The van der Waals surface area contributed by atoms with Gasteiger partial charge in [0.25, 0.3) is 0 Å². The Morgan fingerprint density at radius 2 is 1.44 bits per heavy atom. The monoisotopic (exact) mass is 610 g/mol. The maximum atomic E-state index is 13.4. The van der Waals surface area contributed by atoms with Crippen LogP contribution in [0.5, 0.6) is 0 Å². The van der Waals surface area contributed by atoms with Crippen molar-refractivity contribution in [2.75, 3.05) is 13.1 Å². The first-order chi connectivity index (χ1) is 20.6. The van der Waals surface area contributed by atoms with Gasteiger partial charge in [0.1, 0.15) is 12.6 Å². The number of carbonyl (C=O) groups excluding carboxylic acids is 3. The highest BCUT2D eigenvalue weighted by molar-refractivity contribution is 7.89. The molecule has 0 radical (unpaired) electrons. The average molecular weight is 611 g/mol. The zero-order valence-electron chi connectivity index (χ0n) is 24.0. The number of hydrogen-bond donors (Lipinski definition) is 4. The first-order valence-electron chi connectivity index (χ1n) is 13.9. The summed E-state index contributed by atoms with van der Waals surface area (Å²) in [6, 6.07) is 23.4. The summed E-state index contributed by atoms with van der Waals surface area (Å²) in [7, 11) is -3.94. The molecule has 0 saturated heterocycles. The van der Waals surface area contributed by atoms with Gasteiger partial charge in [0, 0.05) is 13.1 Å². The van der Waals surface area contributed by atoms with Crippen molar-refractivity contribution in [1.82, 2.24) is 14.9 Å². The summed E-state index contributed by atoms with van der Waals surface area (Å²) in [6.07, 6.45) is -2.18. The van der Waals surface area contributed by atoms with Crippen molar-refractivity contribution < 1.29 is 32.6 Å². The molecule has 0 aliphatic rings. The van der Waals surface area contributed by atoms with Crippen molar-refractivity contribution in [1.29, 1.82) is 0 Å². The first-order valence-corrected chi connectivity index (χ1v) is 15.4. The predicted molar refractivity (Wildman–Crippen MR) is 161 cm³/mol. The van der Waals surface area contributed by atoms with Crippen molar-refractivity contribution in [3.05, 3.63) is 102 Å². The number of nitrogens with two attached hydrogens (primary N) is 1. The van der Waals surface area contributed by atoms with Crippen molar-refractivity contribution in [3.63, 3.8) is 0 Å². The summed E-state index contributed by atoms with van der Waals surface area (Å²) in [6.45, 7) is 1.59. The van der Waals surface area contributed by atoms with Crippen molar-refractivity contribution in [2.45, 2.75) is 55.9 Å². The zero-order valence-corrected chi connectivity index (χ0v) is 24.8. The normalized spacial score (nSPS) is 13.5. The fourth-order valence-electron chi connectivity index (χ4n) is 4.39. The van der Waals surface area contributed by atoms with Gasteiger partial charge in [0.2, 0.25) is 21.8 Å². The van der Waals surface area contributed by atoms with E-state index in [4.69, 9.17) is 10.5 Å². The van der Waals surface area contributed by atoms with Crippen LogP contribution in [0.1, 0.15) is 30.9 Å². The average Bonchev–Trinajstić information content (AvgIpc) is 3.00. The van der Waals surface area contributed by atoms with Crippen molar-refractivity contribution >= 4 is 27.9 Å². The van der Waals surface area contributed by atoms with Crippen LogP contribution >= 0.6 is 0 Å². The molecule has 0 heterocycles. The number of primary amides is 1. The fraction of sp³-hybridized carbons (Fsp3) is 0.323. The van der Waals surface area contributed by atoms with E-state index in [2.05, 4.69) is 10.6 Å². The molecule has 3 aromatic rings. The lowest BCUT2D eigenvalue weighted by molar-refractivity contribution is -0.128. The van der Waals surface area contributed by atoms with E-state index in [1.807, 2.05) is 19.1 Å². The molecular weight excluding hydrogens is 572 g/mol. The predicted octanol–water partition coefficient (Wildman–Crippen LogP) is 2.35. The van der Waals surface area contributed by atoms with Gasteiger partial charge in [0.15, 0.2) is 0 Å². The minimum Gasteiger partial charge on any atom is -0.445 e. The number of aliphatic hydroxyl groups excluding tert-OH is 1. The fourth-order valence-corrected chi connectivity index (χ4v) is 5.96. The third-order valence-electron chi connectivity index (χ3n) is 6.56. The van der Waals surface area contributed by atoms with Gasteiger partial charge in [-0.25, -0.2) is 13.2 Å². The molecule has 12 heteroatoms. The number of benzene rings is 3. The van der Waals surface area contributed by atoms with E-state index in [0.717, 1.165) is 11.1 Å². The van der Waals surface area contributed by atoms with Crippen molar-refractivity contribution in [3.8, 4) is 0 Å². The maximum absolute atomic E-state index is 13.4. The number of aliphatic hydroxyl groups is 1. The van der Waals surface area contributed by atoms with Crippen LogP contribution in [0.3, 0.4) is 0 Å². The van der Waals surface area contributed by atoms with E-state index in [0.29, 0.717) is 6.42 Å². The molecule has 0 aliphatic heterocycles. The Morgan fingerprint density at radius 1 is 0.884 bits per heavy atom. The molecule has 5 N–H and O–H groups in total. The zero-order chi connectivity index (χ0) is 31.2. The lowest BCUT2D eigenvalue weighted by atomic mass is 10.00. The molecule has 0 saturated carbocycles. The van der Waals surface area contributed by atoms with E-state index >= 15 is 0 Å². The summed E-state index contributed by atoms with van der Waals surface area (Å²) in [5.74, 6) is -1.63. The largest absolute Gasteiger partial charge is 0.445 e.